The number of rotatable bonds is 3. The number of hydrogen-bond acceptors (Lipinski definition) is 4. The number of aryl methyl sites for hydroxylation is 1. The van der Waals surface area contributed by atoms with Crippen LogP contribution >= 0.6 is 0 Å². The van der Waals surface area contributed by atoms with Gasteiger partial charge < -0.3 is 4.90 Å². The van der Waals surface area contributed by atoms with Gasteiger partial charge in [-0.3, -0.25) is 9.59 Å². The summed E-state index contributed by atoms with van der Waals surface area (Å²) in [7, 11) is 0. The largest absolute Gasteiger partial charge is 0.336 e. The molecular weight excluding hydrogens is 405 g/mol. The maximum absolute atomic E-state index is 13.7. The van der Waals surface area contributed by atoms with Crippen LogP contribution in [0, 0.1) is 17.1 Å². The number of nitrogens with zero attached hydrogens (tertiary/aromatic N) is 3. The van der Waals surface area contributed by atoms with Gasteiger partial charge in [0.15, 0.2) is 0 Å². The molecule has 2 heterocycles. The zero-order valence-corrected chi connectivity index (χ0v) is 17.1. The van der Waals surface area contributed by atoms with Crippen molar-refractivity contribution in [1.29, 1.82) is 5.26 Å². The highest BCUT2D eigenvalue weighted by atomic mass is 19.1. The molecule has 0 atom stereocenters. The van der Waals surface area contributed by atoms with Crippen LogP contribution in [0.2, 0.25) is 0 Å². The summed E-state index contributed by atoms with van der Waals surface area (Å²) in [5, 5.41) is 9.07. The number of amides is 2. The summed E-state index contributed by atoms with van der Waals surface area (Å²) in [4.78, 5) is 30.3. The second kappa shape index (κ2) is 7.78. The number of hydrogen-bond donors (Lipinski definition) is 0. The van der Waals surface area contributed by atoms with Gasteiger partial charge in [0.25, 0.3) is 11.8 Å². The Morgan fingerprint density at radius 3 is 2.31 bits per heavy atom. The van der Waals surface area contributed by atoms with Crippen molar-refractivity contribution in [2.24, 2.45) is 0 Å². The van der Waals surface area contributed by atoms with Crippen LogP contribution < -0.4 is 9.80 Å². The predicted molar refractivity (Wildman–Crippen MR) is 119 cm³/mol. The van der Waals surface area contributed by atoms with Crippen LogP contribution in [0.1, 0.15) is 23.1 Å². The monoisotopic (exact) mass is 423 g/mol. The first-order valence-corrected chi connectivity index (χ1v) is 10.3. The molecule has 3 aromatic rings. The first-order chi connectivity index (χ1) is 15.6. The number of para-hydroxylation sites is 1. The Balaban J connectivity index is 1.68. The summed E-state index contributed by atoms with van der Waals surface area (Å²) >= 11 is 0. The van der Waals surface area contributed by atoms with Gasteiger partial charge in [-0.15, -0.1) is 0 Å². The Morgan fingerprint density at radius 1 is 0.875 bits per heavy atom. The quantitative estimate of drug-likeness (QED) is 0.585. The van der Waals surface area contributed by atoms with Gasteiger partial charge in [-0.2, -0.15) is 5.26 Å². The Labute approximate surface area is 184 Å². The van der Waals surface area contributed by atoms with Crippen molar-refractivity contribution in [3.05, 3.63) is 101 Å². The van der Waals surface area contributed by atoms with Crippen molar-refractivity contribution in [1.82, 2.24) is 0 Å². The standard InChI is InChI=1S/C26H18FN3O2/c27-20-11-9-19(10-12-20)23-24(29-15-3-5-18-4-1-2-6-22(18)29)26(32)30(25(23)31)21-13-7-17(16-28)8-14-21/h1-2,4,6-14H,3,5,15H2. The molecule has 156 valence electrons. The summed E-state index contributed by atoms with van der Waals surface area (Å²) in [6, 6.07) is 21.8. The summed E-state index contributed by atoms with van der Waals surface area (Å²) in [6.45, 7) is 0.595. The van der Waals surface area contributed by atoms with Crippen LogP contribution in [0.5, 0.6) is 0 Å². The van der Waals surface area contributed by atoms with E-state index in [1.165, 1.54) is 24.3 Å². The van der Waals surface area contributed by atoms with Crippen LogP contribution in [-0.2, 0) is 16.0 Å². The van der Waals surface area contributed by atoms with E-state index < -0.39 is 17.6 Å². The average molecular weight is 423 g/mol. The zero-order valence-electron chi connectivity index (χ0n) is 17.1. The van der Waals surface area contributed by atoms with Crippen molar-refractivity contribution in [3.8, 4) is 6.07 Å². The number of nitriles is 1. The molecule has 2 aliphatic heterocycles. The Bertz CT molecular complexity index is 1300. The topological polar surface area (TPSA) is 64.4 Å². The van der Waals surface area contributed by atoms with E-state index in [-0.39, 0.29) is 11.3 Å². The van der Waals surface area contributed by atoms with Crippen LogP contribution in [-0.4, -0.2) is 18.4 Å². The van der Waals surface area contributed by atoms with Gasteiger partial charge in [0.1, 0.15) is 11.5 Å². The maximum atomic E-state index is 13.7. The van der Waals surface area contributed by atoms with Crippen LogP contribution in [0.15, 0.2) is 78.5 Å². The lowest BCUT2D eigenvalue weighted by atomic mass is 9.98. The van der Waals surface area contributed by atoms with E-state index in [1.807, 2.05) is 35.2 Å². The molecule has 2 aliphatic rings. The van der Waals surface area contributed by atoms with Gasteiger partial charge in [-0.1, -0.05) is 30.3 Å². The third kappa shape index (κ3) is 3.15. The molecule has 5 rings (SSSR count). The van der Waals surface area contributed by atoms with Gasteiger partial charge >= 0.3 is 0 Å². The van der Waals surface area contributed by atoms with Crippen LogP contribution in [0.3, 0.4) is 0 Å². The minimum Gasteiger partial charge on any atom is -0.336 e. The maximum Gasteiger partial charge on any atom is 0.282 e. The van der Waals surface area contributed by atoms with Crippen molar-refractivity contribution in [2.45, 2.75) is 12.8 Å². The first-order valence-electron chi connectivity index (χ1n) is 10.3. The normalized spacial score (nSPS) is 15.8. The zero-order chi connectivity index (χ0) is 22.2. The summed E-state index contributed by atoms with van der Waals surface area (Å²) in [5.41, 5.74) is 3.86. The number of anilines is 2. The highest BCUT2D eigenvalue weighted by Gasteiger charge is 2.43. The molecule has 32 heavy (non-hydrogen) atoms. The highest BCUT2D eigenvalue weighted by Crippen LogP contribution is 2.39. The second-order valence-electron chi connectivity index (χ2n) is 7.72. The third-order valence-electron chi connectivity index (χ3n) is 5.83. The molecule has 0 fully saturated rings. The minimum absolute atomic E-state index is 0.246. The second-order valence-corrected chi connectivity index (χ2v) is 7.72. The molecule has 0 spiro atoms. The number of carbonyl (C=O) groups is 2. The van der Waals surface area contributed by atoms with E-state index in [1.54, 1.807) is 24.3 Å². The van der Waals surface area contributed by atoms with Crippen molar-refractivity contribution in [3.63, 3.8) is 0 Å². The van der Waals surface area contributed by atoms with Gasteiger partial charge in [-0.05, 0) is 66.4 Å². The fourth-order valence-electron chi connectivity index (χ4n) is 4.33. The average Bonchev–Trinajstić information content (AvgIpc) is 3.09. The van der Waals surface area contributed by atoms with Crippen molar-refractivity contribution < 1.29 is 14.0 Å². The highest BCUT2D eigenvalue weighted by molar-refractivity contribution is 6.46. The Kier molecular flexibility index (Phi) is 4.79. The molecule has 0 saturated carbocycles. The number of fused-ring (bicyclic) bond motifs is 1. The molecule has 6 heteroatoms. The number of imide groups is 1. The van der Waals surface area contributed by atoms with Gasteiger partial charge in [0.05, 0.1) is 22.9 Å². The fraction of sp³-hybridized carbons (Fsp3) is 0.115. The van der Waals surface area contributed by atoms with Crippen molar-refractivity contribution >= 4 is 28.8 Å². The summed E-state index contributed by atoms with van der Waals surface area (Å²) in [6.07, 6.45) is 1.74. The Morgan fingerprint density at radius 2 is 1.59 bits per heavy atom. The Hall–Kier alpha value is -4.24. The van der Waals surface area contributed by atoms with Crippen molar-refractivity contribution in [2.75, 3.05) is 16.3 Å². The van der Waals surface area contributed by atoms with Gasteiger partial charge in [-0.25, -0.2) is 9.29 Å². The molecule has 2 amide bonds. The van der Waals surface area contributed by atoms with Crippen LogP contribution in [0.4, 0.5) is 15.8 Å². The number of carbonyl (C=O) groups excluding carboxylic acids is 2. The lowest BCUT2D eigenvalue weighted by Gasteiger charge is -2.32. The molecule has 0 N–H and O–H groups in total. The van der Waals surface area contributed by atoms with E-state index in [2.05, 4.69) is 0 Å². The molecule has 0 bridgehead atoms. The predicted octanol–water partition coefficient (Wildman–Crippen LogP) is 4.43. The van der Waals surface area contributed by atoms with E-state index in [0.29, 0.717) is 23.4 Å². The minimum atomic E-state index is -0.468. The number of halogens is 1. The fourth-order valence-corrected chi connectivity index (χ4v) is 4.33. The summed E-state index contributed by atoms with van der Waals surface area (Å²) in [5.74, 6) is -1.32. The molecule has 0 radical (unpaired) electrons. The molecule has 0 aliphatic carbocycles. The van der Waals surface area contributed by atoms with E-state index in [9.17, 15) is 14.0 Å². The van der Waals surface area contributed by atoms with E-state index >= 15 is 0 Å². The lowest BCUT2D eigenvalue weighted by Crippen LogP contribution is -2.37. The molecule has 0 saturated heterocycles. The number of benzene rings is 3. The third-order valence-corrected chi connectivity index (χ3v) is 5.83. The van der Waals surface area contributed by atoms with E-state index in [4.69, 9.17) is 5.26 Å². The van der Waals surface area contributed by atoms with Gasteiger partial charge in [0, 0.05) is 12.2 Å². The smallest absolute Gasteiger partial charge is 0.282 e. The summed E-state index contributed by atoms with van der Waals surface area (Å²) < 4.78 is 13.6. The molecule has 5 nitrogen and oxygen atoms in total. The SMILES string of the molecule is N#Cc1ccc(N2C(=O)C(c3ccc(F)cc3)=C(N3CCCc4ccccc43)C2=O)cc1. The molecule has 0 unspecified atom stereocenters. The van der Waals surface area contributed by atoms with E-state index in [0.717, 1.165) is 29.0 Å². The van der Waals surface area contributed by atoms with Gasteiger partial charge in [0.2, 0.25) is 0 Å². The molecule has 3 aromatic carbocycles. The van der Waals surface area contributed by atoms with Crippen LogP contribution in [0.25, 0.3) is 5.57 Å². The first kappa shape index (κ1) is 19.7. The lowest BCUT2D eigenvalue weighted by molar-refractivity contribution is -0.120. The molecule has 0 aromatic heterocycles. The molecular formula is C26H18FN3O2.